The van der Waals surface area contributed by atoms with Gasteiger partial charge in [0, 0.05) is 20.7 Å². The number of rotatable bonds is 5. The van der Waals surface area contributed by atoms with Crippen molar-refractivity contribution in [2.75, 3.05) is 11.9 Å². The van der Waals surface area contributed by atoms with Crippen molar-refractivity contribution in [3.05, 3.63) is 42.0 Å². The van der Waals surface area contributed by atoms with Crippen LogP contribution in [0.3, 0.4) is 0 Å². The Bertz CT molecular complexity index is 552. The summed E-state index contributed by atoms with van der Waals surface area (Å²) in [5.41, 5.74) is 1.71. The molecule has 0 spiro atoms. The Morgan fingerprint density at radius 3 is 2.32 bits per heavy atom. The Hall–Kier alpha value is -2.30. The molecule has 0 aromatic heterocycles. The van der Waals surface area contributed by atoms with Gasteiger partial charge in [-0.15, -0.1) is 0 Å². The molecule has 0 unspecified atom stereocenters. The van der Waals surface area contributed by atoms with Gasteiger partial charge >= 0.3 is 6.09 Å². The van der Waals surface area contributed by atoms with E-state index in [0.717, 1.165) is 5.56 Å². The number of carbonyl (C=O) groups excluding carboxylic acids is 2. The van der Waals surface area contributed by atoms with Crippen LogP contribution in [0.2, 0.25) is 0 Å². The average molecular weight is 308 g/mol. The molecule has 0 saturated carbocycles. The summed E-state index contributed by atoms with van der Waals surface area (Å²) < 4.78 is 5.18. The van der Waals surface area contributed by atoms with Crippen molar-refractivity contribution < 1.29 is 17.2 Å². The number of amides is 2. The third-order valence-corrected chi connectivity index (χ3v) is 2.69. The topological polar surface area (TPSA) is 67.4 Å². The molecule has 5 heteroatoms. The number of carbonyl (C=O) groups is 2. The fourth-order valence-electron chi connectivity index (χ4n) is 1.65. The normalized spacial score (nSPS) is 10.7. The van der Waals surface area contributed by atoms with Crippen LogP contribution in [-0.4, -0.2) is 24.1 Å². The zero-order valence-corrected chi connectivity index (χ0v) is 13.7. The second-order valence-corrected chi connectivity index (χ2v) is 6.11. The van der Waals surface area contributed by atoms with E-state index in [9.17, 15) is 9.59 Å². The highest BCUT2D eigenvalue weighted by Crippen LogP contribution is 2.13. The molecule has 0 aliphatic carbocycles. The van der Waals surface area contributed by atoms with Crippen LogP contribution in [0, 0.1) is 0 Å². The molecule has 22 heavy (non-hydrogen) atoms. The number of anilines is 1. The highest BCUT2D eigenvalue weighted by molar-refractivity contribution is 5.92. The SMILES string of the molecule is C=C(C)C(=O)NCCc1ccc(NC(=O)OC(C)(C)C)cc1.[HH].[HH]. The molecule has 0 fully saturated rings. The molecule has 124 valence electrons. The van der Waals surface area contributed by atoms with Gasteiger partial charge in [-0.05, 0) is 51.8 Å². The first-order valence-corrected chi connectivity index (χ1v) is 7.20. The maximum absolute atomic E-state index is 11.6. The van der Waals surface area contributed by atoms with Gasteiger partial charge in [-0.2, -0.15) is 0 Å². The van der Waals surface area contributed by atoms with Crippen LogP contribution in [0.25, 0.3) is 0 Å². The molecule has 1 aromatic carbocycles. The minimum Gasteiger partial charge on any atom is -0.444 e. The van der Waals surface area contributed by atoms with Crippen LogP contribution in [0.15, 0.2) is 36.4 Å². The van der Waals surface area contributed by atoms with Crippen molar-refractivity contribution in [2.45, 2.75) is 39.7 Å². The maximum Gasteiger partial charge on any atom is 0.412 e. The second-order valence-electron chi connectivity index (χ2n) is 6.11. The number of ether oxygens (including phenoxy) is 1. The fraction of sp³-hybridized carbons (Fsp3) is 0.412. The van der Waals surface area contributed by atoms with Gasteiger partial charge in [0.15, 0.2) is 0 Å². The van der Waals surface area contributed by atoms with Crippen molar-refractivity contribution in [1.82, 2.24) is 5.32 Å². The van der Waals surface area contributed by atoms with Crippen molar-refractivity contribution >= 4 is 17.7 Å². The molecule has 1 rings (SSSR count). The molecule has 2 amide bonds. The summed E-state index contributed by atoms with van der Waals surface area (Å²) in [6, 6.07) is 7.42. The van der Waals surface area contributed by atoms with E-state index in [2.05, 4.69) is 17.2 Å². The molecular weight excluding hydrogens is 280 g/mol. The number of hydrogen-bond acceptors (Lipinski definition) is 3. The molecule has 5 nitrogen and oxygen atoms in total. The van der Waals surface area contributed by atoms with E-state index in [1.54, 1.807) is 19.1 Å². The molecule has 0 radical (unpaired) electrons. The predicted molar refractivity (Wildman–Crippen MR) is 92.1 cm³/mol. The summed E-state index contributed by atoms with van der Waals surface area (Å²) in [6.07, 6.45) is 0.236. The van der Waals surface area contributed by atoms with E-state index in [1.807, 2.05) is 32.9 Å². The van der Waals surface area contributed by atoms with Crippen LogP contribution < -0.4 is 10.6 Å². The zero-order valence-electron chi connectivity index (χ0n) is 13.7. The molecular formula is C17H28N2O3. The van der Waals surface area contributed by atoms with E-state index in [4.69, 9.17) is 4.74 Å². The van der Waals surface area contributed by atoms with Crippen molar-refractivity contribution in [2.24, 2.45) is 0 Å². The van der Waals surface area contributed by atoms with Gasteiger partial charge in [0.2, 0.25) is 5.91 Å². The van der Waals surface area contributed by atoms with E-state index in [1.165, 1.54) is 0 Å². The molecule has 0 heterocycles. The molecule has 1 aromatic rings. The van der Waals surface area contributed by atoms with Crippen molar-refractivity contribution in [3.8, 4) is 0 Å². The minimum absolute atomic E-state index is 0. The van der Waals surface area contributed by atoms with Gasteiger partial charge in [0.05, 0.1) is 0 Å². The number of hydrogen-bond donors (Lipinski definition) is 2. The van der Waals surface area contributed by atoms with Crippen molar-refractivity contribution in [1.29, 1.82) is 0 Å². The van der Waals surface area contributed by atoms with Crippen LogP contribution in [-0.2, 0) is 16.0 Å². The Kier molecular flexibility index (Phi) is 6.16. The molecule has 2 N–H and O–H groups in total. The van der Waals surface area contributed by atoms with Crippen LogP contribution in [0.5, 0.6) is 0 Å². The van der Waals surface area contributed by atoms with Crippen LogP contribution in [0.1, 0.15) is 36.1 Å². The lowest BCUT2D eigenvalue weighted by atomic mass is 10.1. The Balaban J connectivity index is 0. The molecule has 0 saturated heterocycles. The fourth-order valence-corrected chi connectivity index (χ4v) is 1.65. The van der Waals surface area contributed by atoms with Gasteiger partial charge in [0.25, 0.3) is 0 Å². The Morgan fingerprint density at radius 2 is 1.82 bits per heavy atom. The summed E-state index contributed by atoms with van der Waals surface area (Å²) >= 11 is 0. The average Bonchev–Trinajstić information content (AvgIpc) is 2.38. The monoisotopic (exact) mass is 308 g/mol. The molecule has 0 bridgehead atoms. The lowest BCUT2D eigenvalue weighted by molar-refractivity contribution is -0.117. The van der Waals surface area contributed by atoms with E-state index in [-0.39, 0.29) is 8.76 Å². The largest absolute Gasteiger partial charge is 0.444 e. The number of benzene rings is 1. The first-order valence-electron chi connectivity index (χ1n) is 7.20. The smallest absolute Gasteiger partial charge is 0.412 e. The zero-order chi connectivity index (χ0) is 16.8. The van der Waals surface area contributed by atoms with E-state index < -0.39 is 11.7 Å². The second kappa shape index (κ2) is 7.64. The van der Waals surface area contributed by atoms with E-state index in [0.29, 0.717) is 24.2 Å². The summed E-state index contributed by atoms with van der Waals surface area (Å²) in [6.45, 7) is 11.2. The minimum atomic E-state index is -0.522. The third kappa shape index (κ3) is 6.92. The van der Waals surface area contributed by atoms with Gasteiger partial charge < -0.3 is 10.1 Å². The summed E-state index contributed by atoms with van der Waals surface area (Å²) in [5.74, 6) is -0.136. The lowest BCUT2D eigenvalue weighted by Gasteiger charge is -2.19. The summed E-state index contributed by atoms with van der Waals surface area (Å²) in [7, 11) is 0. The molecule has 0 aliphatic rings. The van der Waals surface area contributed by atoms with E-state index >= 15 is 0 Å². The standard InChI is InChI=1S/C17H24N2O3.2H2/c1-12(2)15(20)18-11-10-13-6-8-14(9-7-13)19-16(21)22-17(3,4)5;;/h6-9H,1,10-11H2,2-5H3,(H,18,20)(H,19,21);2*1H. The highest BCUT2D eigenvalue weighted by Gasteiger charge is 2.16. The van der Waals surface area contributed by atoms with Gasteiger partial charge in [0.1, 0.15) is 5.60 Å². The van der Waals surface area contributed by atoms with Gasteiger partial charge in [-0.3, -0.25) is 10.1 Å². The maximum atomic E-state index is 11.6. The molecule has 0 aliphatic heterocycles. The van der Waals surface area contributed by atoms with Crippen LogP contribution in [0.4, 0.5) is 10.5 Å². The lowest BCUT2D eigenvalue weighted by Crippen LogP contribution is -2.27. The Labute approximate surface area is 134 Å². The predicted octanol–water partition coefficient (Wildman–Crippen LogP) is 3.76. The Morgan fingerprint density at radius 1 is 1.23 bits per heavy atom. The summed E-state index contributed by atoms with van der Waals surface area (Å²) in [4.78, 5) is 23.0. The van der Waals surface area contributed by atoms with Crippen LogP contribution >= 0.6 is 0 Å². The first kappa shape index (κ1) is 17.8. The first-order chi connectivity index (χ1) is 10.2. The number of nitrogens with one attached hydrogen (secondary N) is 2. The third-order valence-electron chi connectivity index (χ3n) is 2.69. The quantitative estimate of drug-likeness (QED) is 0.814. The van der Waals surface area contributed by atoms with Gasteiger partial charge in [-0.1, -0.05) is 18.7 Å². The highest BCUT2D eigenvalue weighted by atomic mass is 16.6. The summed E-state index contributed by atoms with van der Waals surface area (Å²) in [5, 5.41) is 5.45. The van der Waals surface area contributed by atoms with Gasteiger partial charge in [-0.25, -0.2) is 4.79 Å². The molecule has 0 atom stereocenters. The van der Waals surface area contributed by atoms with Crippen molar-refractivity contribution in [3.63, 3.8) is 0 Å².